The molecular formula is C21H27N3O3. The van der Waals surface area contributed by atoms with Crippen LogP contribution in [-0.2, 0) is 9.53 Å². The van der Waals surface area contributed by atoms with Gasteiger partial charge in [0.1, 0.15) is 0 Å². The van der Waals surface area contributed by atoms with Crippen LogP contribution in [0.3, 0.4) is 0 Å². The predicted octanol–water partition coefficient (Wildman–Crippen LogP) is 4.11. The smallest absolute Gasteiger partial charge is 0.255 e. The number of benzene rings is 1. The molecule has 0 aliphatic heterocycles. The molecule has 6 heteroatoms. The summed E-state index contributed by atoms with van der Waals surface area (Å²) >= 11 is 0. The van der Waals surface area contributed by atoms with E-state index in [2.05, 4.69) is 29.5 Å². The topological polar surface area (TPSA) is 80.3 Å². The minimum absolute atomic E-state index is 0.112. The van der Waals surface area contributed by atoms with Gasteiger partial charge in [0.2, 0.25) is 5.91 Å². The summed E-state index contributed by atoms with van der Waals surface area (Å²) in [4.78, 5) is 28.1. The molecule has 144 valence electrons. The molecular weight excluding hydrogens is 342 g/mol. The Balaban J connectivity index is 1.77. The first-order chi connectivity index (χ1) is 12.9. The number of nitrogens with one attached hydrogen (secondary N) is 2. The van der Waals surface area contributed by atoms with Crippen molar-refractivity contribution in [1.82, 2.24) is 4.98 Å². The number of aromatic nitrogens is 1. The Morgan fingerprint density at radius 1 is 1.04 bits per heavy atom. The van der Waals surface area contributed by atoms with Gasteiger partial charge < -0.3 is 15.4 Å². The largest absolute Gasteiger partial charge is 0.378 e. The maximum atomic E-state index is 12.2. The van der Waals surface area contributed by atoms with Crippen molar-refractivity contribution >= 4 is 23.2 Å². The van der Waals surface area contributed by atoms with E-state index in [1.165, 1.54) is 0 Å². The van der Waals surface area contributed by atoms with Crippen molar-refractivity contribution in [2.24, 2.45) is 5.92 Å². The highest BCUT2D eigenvalue weighted by Crippen LogP contribution is 2.13. The first kappa shape index (κ1) is 20.6. The highest BCUT2D eigenvalue weighted by molar-refractivity contribution is 6.04. The van der Waals surface area contributed by atoms with Gasteiger partial charge in [0.15, 0.2) is 0 Å². The standard InChI is InChI=1S/C21H27N3O3/c1-15(2)13-16(3)27-12-10-20(25)23-18-8-6-17(7-9-18)21(26)24-19-5-4-11-22-14-19/h4-9,11,14-16H,10,12-13H2,1-3H3,(H,23,25)(H,24,26)/t16-/m1/s1. The quantitative estimate of drug-likeness (QED) is 0.697. The maximum absolute atomic E-state index is 12.2. The third-order valence-corrected chi connectivity index (χ3v) is 3.89. The SMILES string of the molecule is CC(C)C[C@@H](C)OCCC(=O)Nc1ccc(C(=O)Nc2cccnc2)cc1. The van der Waals surface area contributed by atoms with Gasteiger partial charge in [-0.1, -0.05) is 13.8 Å². The number of hydrogen-bond acceptors (Lipinski definition) is 4. The summed E-state index contributed by atoms with van der Waals surface area (Å²) < 4.78 is 5.65. The Kier molecular flexibility index (Phi) is 7.95. The van der Waals surface area contributed by atoms with E-state index in [-0.39, 0.29) is 17.9 Å². The number of amides is 2. The van der Waals surface area contributed by atoms with E-state index in [9.17, 15) is 9.59 Å². The van der Waals surface area contributed by atoms with E-state index in [0.29, 0.717) is 35.9 Å². The van der Waals surface area contributed by atoms with Gasteiger partial charge in [0, 0.05) is 17.4 Å². The zero-order chi connectivity index (χ0) is 19.6. The van der Waals surface area contributed by atoms with Gasteiger partial charge in [-0.05, 0) is 55.7 Å². The van der Waals surface area contributed by atoms with Crippen LogP contribution in [0.5, 0.6) is 0 Å². The summed E-state index contributed by atoms with van der Waals surface area (Å²) in [6.07, 6.45) is 4.64. The van der Waals surface area contributed by atoms with Gasteiger partial charge in [-0.2, -0.15) is 0 Å². The molecule has 0 fully saturated rings. The van der Waals surface area contributed by atoms with Crippen LogP contribution in [-0.4, -0.2) is 29.5 Å². The van der Waals surface area contributed by atoms with E-state index >= 15 is 0 Å². The van der Waals surface area contributed by atoms with Gasteiger partial charge in [-0.15, -0.1) is 0 Å². The van der Waals surface area contributed by atoms with E-state index in [0.717, 1.165) is 6.42 Å². The third kappa shape index (κ3) is 7.58. The lowest BCUT2D eigenvalue weighted by molar-refractivity contribution is -0.117. The van der Waals surface area contributed by atoms with Crippen LogP contribution in [0.2, 0.25) is 0 Å². The molecule has 27 heavy (non-hydrogen) atoms. The summed E-state index contributed by atoms with van der Waals surface area (Å²) in [6.45, 7) is 6.71. The van der Waals surface area contributed by atoms with Crippen LogP contribution in [0.25, 0.3) is 0 Å². The minimum atomic E-state index is -0.228. The highest BCUT2D eigenvalue weighted by atomic mass is 16.5. The molecule has 0 aliphatic carbocycles. The summed E-state index contributed by atoms with van der Waals surface area (Å²) in [5.74, 6) is 0.232. The second-order valence-electron chi connectivity index (χ2n) is 6.88. The normalized spacial score (nSPS) is 11.9. The predicted molar refractivity (Wildman–Crippen MR) is 107 cm³/mol. The summed E-state index contributed by atoms with van der Waals surface area (Å²) in [5.41, 5.74) is 1.78. The number of nitrogens with zero attached hydrogens (tertiary/aromatic N) is 1. The fourth-order valence-electron chi connectivity index (χ4n) is 2.65. The van der Waals surface area contributed by atoms with E-state index in [1.54, 1.807) is 48.8 Å². The summed E-state index contributed by atoms with van der Waals surface area (Å²) in [6, 6.07) is 10.3. The Morgan fingerprint density at radius 2 is 1.78 bits per heavy atom. The fraction of sp³-hybridized carbons (Fsp3) is 0.381. The van der Waals surface area contributed by atoms with Crippen molar-refractivity contribution in [3.63, 3.8) is 0 Å². The van der Waals surface area contributed by atoms with Gasteiger partial charge >= 0.3 is 0 Å². The summed E-state index contributed by atoms with van der Waals surface area (Å²) in [7, 11) is 0. The molecule has 0 saturated carbocycles. The van der Waals surface area contributed by atoms with Gasteiger partial charge in [0.25, 0.3) is 5.91 Å². The lowest BCUT2D eigenvalue weighted by atomic mass is 10.1. The number of anilines is 2. The number of carbonyl (C=O) groups is 2. The average Bonchev–Trinajstić information content (AvgIpc) is 2.62. The van der Waals surface area contributed by atoms with Crippen molar-refractivity contribution in [2.45, 2.75) is 39.7 Å². The molecule has 0 saturated heterocycles. The second kappa shape index (κ2) is 10.4. The molecule has 1 atom stereocenters. The number of carbonyl (C=O) groups excluding carboxylic acids is 2. The van der Waals surface area contributed by atoms with E-state index in [1.807, 2.05) is 6.92 Å². The Hall–Kier alpha value is -2.73. The highest BCUT2D eigenvalue weighted by Gasteiger charge is 2.09. The molecule has 2 rings (SSSR count). The third-order valence-electron chi connectivity index (χ3n) is 3.89. The summed E-state index contributed by atoms with van der Waals surface area (Å²) in [5, 5.41) is 5.58. The molecule has 0 aliphatic rings. The molecule has 1 heterocycles. The van der Waals surface area contributed by atoms with Crippen LogP contribution >= 0.6 is 0 Å². The van der Waals surface area contributed by atoms with Gasteiger partial charge in [0.05, 0.1) is 31.0 Å². The second-order valence-corrected chi connectivity index (χ2v) is 6.88. The number of rotatable bonds is 9. The molecule has 6 nitrogen and oxygen atoms in total. The van der Waals surface area contributed by atoms with Crippen molar-refractivity contribution in [3.8, 4) is 0 Å². The Bertz CT molecular complexity index is 730. The zero-order valence-electron chi connectivity index (χ0n) is 16.1. The van der Waals surface area contributed by atoms with Crippen LogP contribution < -0.4 is 10.6 Å². The van der Waals surface area contributed by atoms with Crippen LogP contribution in [0, 0.1) is 5.92 Å². The Labute approximate surface area is 160 Å². The molecule has 1 aromatic carbocycles. The van der Waals surface area contributed by atoms with Crippen molar-refractivity contribution in [1.29, 1.82) is 0 Å². The fourth-order valence-corrected chi connectivity index (χ4v) is 2.65. The monoisotopic (exact) mass is 369 g/mol. The van der Waals surface area contributed by atoms with Crippen LogP contribution in [0.4, 0.5) is 11.4 Å². The molecule has 0 bridgehead atoms. The lowest BCUT2D eigenvalue weighted by Crippen LogP contribution is -2.18. The number of hydrogen-bond donors (Lipinski definition) is 2. The van der Waals surface area contributed by atoms with Gasteiger partial charge in [-0.3, -0.25) is 14.6 Å². The lowest BCUT2D eigenvalue weighted by Gasteiger charge is -2.15. The first-order valence-electron chi connectivity index (χ1n) is 9.17. The number of ether oxygens (including phenoxy) is 1. The van der Waals surface area contributed by atoms with Gasteiger partial charge in [-0.25, -0.2) is 0 Å². The molecule has 0 unspecified atom stereocenters. The minimum Gasteiger partial charge on any atom is -0.378 e. The zero-order valence-corrected chi connectivity index (χ0v) is 16.1. The molecule has 2 N–H and O–H groups in total. The van der Waals surface area contributed by atoms with Crippen molar-refractivity contribution < 1.29 is 14.3 Å². The molecule has 0 radical (unpaired) electrons. The molecule has 2 aromatic rings. The molecule has 2 amide bonds. The Morgan fingerprint density at radius 3 is 2.41 bits per heavy atom. The molecule has 0 spiro atoms. The van der Waals surface area contributed by atoms with Crippen molar-refractivity contribution in [3.05, 3.63) is 54.4 Å². The van der Waals surface area contributed by atoms with E-state index < -0.39 is 0 Å². The number of pyridine rings is 1. The first-order valence-corrected chi connectivity index (χ1v) is 9.17. The maximum Gasteiger partial charge on any atom is 0.255 e. The molecule has 1 aromatic heterocycles. The van der Waals surface area contributed by atoms with Crippen LogP contribution in [0.1, 0.15) is 44.0 Å². The van der Waals surface area contributed by atoms with Crippen LogP contribution in [0.15, 0.2) is 48.8 Å². The van der Waals surface area contributed by atoms with Crippen molar-refractivity contribution in [2.75, 3.05) is 17.2 Å². The van der Waals surface area contributed by atoms with E-state index in [4.69, 9.17) is 4.74 Å². The average molecular weight is 369 g/mol.